The molecule has 58 valence electrons. The molecule has 2 N–H and O–H groups in total. The van der Waals surface area contributed by atoms with Crippen molar-refractivity contribution < 1.29 is 9.90 Å². The number of carbonyl (C=O) groups is 1. The van der Waals surface area contributed by atoms with Crippen LogP contribution in [0.4, 0.5) is 0 Å². The molecule has 0 spiro atoms. The van der Waals surface area contributed by atoms with Crippen molar-refractivity contribution in [1.29, 1.82) is 0 Å². The summed E-state index contributed by atoms with van der Waals surface area (Å²) in [6.45, 7) is 4.30. The Kier molecular flexibility index (Phi) is 1.94. The predicted molar refractivity (Wildman–Crippen MR) is 37.3 cm³/mol. The molecule has 0 aromatic heterocycles. The van der Waals surface area contributed by atoms with E-state index in [2.05, 4.69) is 5.32 Å². The van der Waals surface area contributed by atoms with Gasteiger partial charge < -0.3 is 10.4 Å². The van der Waals surface area contributed by atoms with Crippen LogP contribution in [0.3, 0.4) is 0 Å². The van der Waals surface area contributed by atoms with Gasteiger partial charge in [-0.3, -0.25) is 4.79 Å². The molecule has 1 heterocycles. The third kappa shape index (κ3) is 1.14. The number of aliphatic hydroxyl groups excluding tert-OH is 1. The first kappa shape index (κ1) is 7.54. The summed E-state index contributed by atoms with van der Waals surface area (Å²) in [6.07, 6.45) is -0.479. The van der Waals surface area contributed by atoms with E-state index < -0.39 is 6.10 Å². The summed E-state index contributed by atoms with van der Waals surface area (Å²) < 4.78 is 0. The number of aliphatic hydroxyl groups is 1. The lowest BCUT2D eigenvalue weighted by molar-refractivity contribution is -0.124. The zero-order valence-corrected chi connectivity index (χ0v) is 6.29. The van der Waals surface area contributed by atoms with E-state index in [0.717, 1.165) is 0 Å². The highest BCUT2D eigenvalue weighted by molar-refractivity contribution is 5.81. The molecule has 3 heteroatoms. The second-order valence-corrected chi connectivity index (χ2v) is 3.08. The van der Waals surface area contributed by atoms with Crippen LogP contribution in [0.25, 0.3) is 0 Å². The van der Waals surface area contributed by atoms with E-state index in [1.807, 2.05) is 13.8 Å². The fraction of sp³-hybridized carbons (Fsp3) is 0.857. The van der Waals surface area contributed by atoms with Gasteiger partial charge in [0, 0.05) is 6.54 Å². The van der Waals surface area contributed by atoms with E-state index in [9.17, 15) is 9.90 Å². The smallest absolute Gasteiger partial charge is 0.226 e. The summed E-state index contributed by atoms with van der Waals surface area (Å²) in [5.74, 6) is 0.0278. The standard InChI is InChI=1S/C7H13NO2/c1-4(2)6-5(9)3-8-7(6)10/h4-6,9H,3H2,1-2H3,(H,8,10). The Morgan fingerprint density at radius 3 is 2.50 bits per heavy atom. The molecular weight excluding hydrogens is 130 g/mol. The quantitative estimate of drug-likeness (QED) is 0.531. The van der Waals surface area contributed by atoms with Gasteiger partial charge in [0.25, 0.3) is 0 Å². The van der Waals surface area contributed by atoms with Crippen molar-refractivity contribution in [2.75, 3.05) is 6.54 Å². The summed E-state index contributed by atoms with van der Waals surface area (Å²) in [7, 11) is 0. The minimum atomic E-state index is -0.479. The molecule has 2 unspecified atom stereocenters. The molecule has 2 atom stereocenters. The van der Waals surface area contributed by atoms with Crippen LogP contribution in [0.15, 0.2) is 0 Å². The van der Waals surface area contributed by atoms with Crippen LogP contribution in [0.2, 0.25) is 0 Å². The molecular formula is C7H13NO2. The molecule has 1 saturated heterocycles. The molecule has 1 aliphatic heterocycles. The largest absolute Gasteiger partial charge is 0.390 e. The van der Waals surface area contributed by atoms with Crippen molar-refractivity contribution >= 4 is 5.91 Å². The highest BCUT2D eigenvalue weighted by Crippen LogP contribution is 2.19. The Hall–Kier alpha value is -0.570. The zero-order chi connectivity index (χ0) is 7.72. The molecule has 10 heavy (non-hydrogen) atoms. The van der Waals surface area contributed by atoms with Gasteiger partial charge in [0.05, 0.1) is 12.0 Å². The van der Waals surface area contributed by atoms with Crippen LogP contribution in [-0.4, -0.2) is 23.7 Å². The number of hydrogen-bond acceptors (Lipinski definition) is 2. The third-order valence-electron chi connectivity index (χ3n) is 1.92. The molecule has 0 aliphatic carbocycles. The van der Waals surface area contributed by atoms with Crippen LogP contribution in [0, 0.1) is 11.8 Å². The minimum absolute atomic E-state index is 0.0116. The van der Waals surface area contributed by atoms with Crippen LogP contribution >= 0.6 is 0 Å². The Labute approximate surface area is 60.4 Å². The van der Waals surface area contributed by atoms with E-state index in [0.29, 0.717) is 6.54 Å². The van der Waals surface area contributed by atoms with Gasteiger partial charge in [-0.25, -0.2) is 0 Å². The Balaban J connectivity index is 2.63. The number of β-amino-alcohol motifs (C(OH)–C–C–N with tert-alkyl or cyclic N) is 1. The van der Waals surface area contributed by atoms with Crippen molar-refractivity contribution in [3.8, 4) is 0 Å². The second-order valence-electron chi connectivity index (χ2n) is 3.08. The Morgan fingerprint density at radius 1 is 1.70 bits per heavy atom. The maximum Gasteiger partial charge on any atom is 0.226 e. The average molecular weight is 143 g/mol. The SMILES string of the molecule is CC(C)C1C(=O)NCC1O. The van der Waals surface area contributed by atoms with E-state index in [4.69, 9.17) is 0 Å². The van der Waals surface area contributed by atoms with Gasteiger partial charge in [-0.1, -0.05) is 13.8 Å². The lowest BCUT2D eigenvalue weighted by atomic mass is 9.93. The van der Waals surface area contributed by atoms with Gasteiger partial charge >= 0.3 is 0 Å². The topological polar surface area (TPSA) is 49.3 Å². The molecule has 0 saturated carbocycles. The fourth-order valence-electron chi connectivity index (χ4n) is 1.37. The number of carbonyl (C=O) groups excluding carboxylic acids is 1. The molecule has 1 rings (SSSR count). The first-order chi connectivity index (χ1) is 4.63. The Morgan fingerprint density at radius 2 is 2.30 bits per heavy atom. The van der Waals surface area contributed by atoms with Crippen molar-refractivity contribution in [3.63, 3.8) is 0 Å². The number of amides is 1. The summed E-state index contributed by atoms with van der Waals surface area (Å²) in [5.41, 5.74) is 0. The van der Waals surface area contributed by atoms with Crippen LogP contribution in [-0.2, 0) is 4.79 Å². The predicted octanol–water partition coefficient (Wildman–Crippen LogP) is -0.251. The van der Waals surface area contributed by atoms with E-state index in [1.54, 1.807) is 0 Å². The first-order valence-electron chi connectivity index (χ1n) is 3.58. The summed E-state index contributed by atoms with van der Waals surface area (Å²) in [5, 5.41) is 11.9. The van der Waals surface area contributed by atoms with Crippen molar-refractivity contribution in [2.24, 2.45) is 11.8 Å². The Bertz CT molecular complexity index is 145. The van der Waals surface area contributed by atoms with E-state index in [1.165, 1.54) is 0 Å². The number of hydrogen-bond donors (Lipinski definition) is 2. The number of nitrogens with one attached hydrogen (secondary N) is 1. The normalized spacial score (nSPS) is 33.0. The maximum absolute atomic E-state index is 11.0. The zero-order valence-electron chi connectivity index (χ0n) is 6.29. The van der Waals surface area contributed by atoms with Crippen LogP contribution in [0.1, 0.15) is 13.8 Å². The van der Waals surface area contributed by atoms with Crippen LogP contribution in [0.5, 0.6) is 0 Å². The highest BCUT2D eigenvalue weighted by Gasteiger charge is 2.35. The van der Waals surface area contributed by atoms with E-state index >= 15 is 0 Å². The van der Waals surface area contributed by atoms with Gasteiger partial charge in [-0.2, -0.15) is 0 Å². The monoisotopic (exact) mass is 143 g/mol. The van der Waals surface area contributed by atoms with Gasteiger partial charge in [0.1, 0.15) is 0 Å². The summed E-state index contributed by atoms with van der Waals surface area (Å²) in [4.78, 5) is 11.0. The lowest BCUT2D eigenvalue weighted by Crippen LogP contribution is -2.26. The second kappa shape index (κ2) is 2.58. The molecule has 1 amide bonds. The summed E-state index contributed by atoms with van der Waals surface area (Å²) in [6, 6.07) is 0. The highest BCUT2D eigenvalue weighted by atomic mass is 16.3. The molecule has 0 aromatic carbocycles. The average Bonchev–Trinajstić information content (AvgIpc) is 2.11. The first-order valence-corrected chi connectivity index (χ1v) is 3.58. The maximum atomic E-state index is 11.0. The molecule has 1 fully saturated rings. The van der Waals surface area contributed by atoms with Gasteiger partial charge in [-0.05, 0) is 5.92 Å². The molecule has 0 aromatic rings. The van der Waals surface area contributed by atoms with Crippen molar-refractivity contribution in [1.82, 2.24) is 5.32 Å². The molecule has 1 aliphatic rings. The summed E-state index contributed by atoms with van der Waals surface area (Å²) >= 11 is 0. The van der Waals surface area contributed by atoms with E-state index in [-0.39, 0.29) is 17.7 Å². The minimum Gasteiger partial charge on any atom is -0.390 e. The third-order valence-corrected chi connectivity index (χ3v) is 1.92. The van der Waals surface area contributed by atoms with Gasteiger partial charge in [0.2, 0.25) is 5.91 Å². The van der Waals surface area contributed by atoms with Gasteiger partial charge in [-0.15, -0.1) is 0 Å². The fourth-order valence-corrected chi connectivity index (χ4v) is 1.37. The van der Waals surface area contributed by atoms with Gasteiger partial charge in [0.15, 0.2) is 0 Å². The molecule has 0 radical (unpaired) electrons. The lowest BCUT2D eigenvalue weighted by Gasteiger charge is -2.14. The molecule has 3 nitrogen and oxygen atoms in total. The number of rotatable bonds is 1. The van der Waals surface area contributed by atoms with Crippen molar-refractivity contribution in [3.05, 3.63) is 0 Å². The van der Waals surface area contributed by atoms with Crippen molar-refractivity contribution in [2.45, 2.75) is 20.0 Å². The van der Waals surface area contributed by atoms with Crippen LogP contribution < -0.4 is 5.32 Å². The molecule has 0 bridgehead atoms.